The Hall–Kier alpha value is -1.76. The maximum absolute atomic E-state index is 10.6. The van der Waals surface area contributed by atoms with Crippen molar-refractivity contribution in [3.05, 3.63) is 29.3 Å². The van der Waals surface area contributed by atoms with Gasteiger partial charge in [-0.05, 0) is 30.5 Å². The minimum Gasteiger partial charge on any atom is -0.475 e. The fraction of sp³-hybridized carbons (Fsp3) is 0.462. The van der Waals surface area contributed by atoms with Gasteiger partial charge in [0.1, 0.15) is 0 Å². The van der Waals surface area contributed by atoms with Crippen LogP contribution >= 0.6 is 0 Å². The first-order valence-corrected chi connectivity index (χ1v) is 6.11. The Morgan fingerprint density at radius 2 is 2.05 bits per heavy atom. The van der Waals surface area contributed by atoms with E-state index in [4.69, 9.17) is 15.6 Å². The number of rotatable bonds is 2. The summed E-state index contributed by atoms with van der Waals surface area (Å²) in [6.07, 6.45) is -3.90. The quantitative estimate of drug-likeness (QED) is 0.873. The molecule has 3 N–H and O–H groups in total. The van der Waals surface area contributed by atoms with Crippen LogP contribution in [0.15, 0.2) is 18.2 Å². The van der Waals surface area contributed by atoms with Gasteiger partial charge in [0.2, 0.25) is 0 Å². The van der Waals surface area contributed by atoms with Crippen molar-refractivity contribution in [2.75, 3.05) is 24.5 Å². The Morgan fingerprint density at radius 3 is 2.55 bits per heavy atom. The van der Waals surface area contributed by atoms with Gasteiger partial charge in [0.15, 0.2) is 0 Å². The summed E-state index contributed by atoms with van der Waals surface area (Å²) in [7, 11) is 0. The maximum atomic E-state index is 10.6. The molecule has 1 aromatic carbocycles. The van der Waals surface area contributed by atoms with E-state index in [1.807, 2.05) is 0 Å². The van der Waals surface area contributed by atoms with Gasteiger partial charge in [0.05, 0.1) is 0 Å². The van der Waals surface area contributed by atoms with Crippen molar-refractivity contribution in [2.24, 2.45) is 5.73 Å². The molecule has 0 aromatic heterocycles. The van der Waals surface area contributed by atoms with Crippen LogP contribution < -0.4 is 10.6 Å². The Labute approximate surface area is 115 Å². The molecular formula is C13H17F3N2O2. The number of anilines is 1. The molecular weight excluding hydrogens is 273 g/mol. The molecule has 1 heterocycles. The summed E-state index contributed by atoms with van der Waals surface area (Å²) in [5, 5.41) is 7.12. The third-order valence-electron chi connectivity index (χ3n) is 3.00. The van der Waals surface area contributed by atoms with Crippen molar-refractivity contribution in [2.45, 2.75) is 19.5 Å². The van der Waals surface area contributed by atoms with E-state index in [0.717, 1.165) is 19.6 Å². The number of nitrogens with zero attached hydrogens (tertiary/aromatic N) is 1. The summed E-state index contributed by atoms with van der Waals surface area (Å²) in [6, 6.07) is 6.51. The molecule has 0 saturated carbocycles. The number of hydrogen-bond donors (Lipinski definition) is 2. The Morgan fingerprint density at radius 1 is 1.45 bits per heavy atom. The molecule has 0 bridgehead atoms. The maximum Gasteiger partial charge on any atom is 0.490 e. The highest BCUT2D eigenvalue weighted by molar-refractivity contribution is 5.73. The van der Waals surface area contributed by atoms with Crippen molar-refractivity contribution in [3.8, 4) is 0 Å². The second kappa shape index (κ2) is 6.60. The molecule has 20 heavy (non-hydrogen) atoms. The van der Waals surface area contributed by atoms with Gasteiger partial charge in [-0.25, -0.2) is 4.79 Å². The molecule has 0 aliphatic carbocycles. The van der Waals surface area contributed by atoms with E-state index in [-0.39, 0.29) is 0 Å². The summed E-state index contributed by atoms with van der Waals surface area (Å²) >= 11 is 0. The van der Waals surface area contributed by atoms with Crippen molar-refractivity contribution < 1.29 is 23.1 Å². The van der Waals surface area contributed by atoms with E-state index < -0.39 is 12.1 Å². The summed E-state index contributed by atoms with van der Waals surface area (Å²) in [4.78, 5) is 11.3. The number of aliphatic carboxylic acids is 1. The number of halogens is 3. The first-order valence-electron chi connectivity index (χ1n) is 6.11. The van der Waals surface area contributed by atoms with Crippen LogP contribution in [-0.2, 0) is 11.2 Å². The molecule has 0 fully saturated rings. The molecule has 0 atom stereocenters. The number of fused-ring (bicyclic) bond motifs is 1. The Balaban J connectivity index is 0.000000246. The number of hydrogen-bond acceptors (Lipinski definition) is 3. The predicted octanol–water partition coefficient (Wildman–Crippen LogP) is 1.95. The molecule has 0 spiro atoms. The van der Waals surface area contributed by atoms with Gasteiger partial charge < -0.3 is 15.7 Å². The van der Waals surface area contributed by atoms with Crippen molar-refractivity contribution >= 4 is 11.7 Å². The standard InChI is InChI=1S/C11H16N2.C2HF3O2/c1-9-3-2-4-11-10(9)5-7-13(11)8-6-12;3-2(4,5)1(6)7/h2-4H,5-8,12H2,1H3;(H,6,7). The number of alkyl halides is 3. The number of nitrogens with two attached hydrogens (primary N) is 1. The third-order valence-corrected chi connectivity index (χ3v) is 3.00. The van der Waals surface area contributed by atoms with E-state index in [9.17, 15) is 13.2 Å². The van der Waals surface area contributed by atoms with Crippen LogP contribution in [0.2, 0.25) is 0 Å². The van der Waals surface area contributed by atoms with Crippen molar-refractivity contribution in [1.29, 1.82) is 0 Å². The molecule has 4 nitrogen and oxygen atoms in total. The zero-order valence-corrected chi connectivity index (χ0v) is 11.1. The second-order valence-electron chi connectivity index (χ2n) is 4.40. The molecule has 2 rings (SSSR count). The van der Waals surface area contributed by atoms with Gasteiger partial charge >= 0.3 is 12.1 Å². The van der Waals surface area contributed by atoms with Crippen LogP contribution in [0.4, 0.5) is 18.9 Å². The van der Waals surface area contributed by atoms with Gasteiger partial charge in [0.25, 0.3) is 0 Å². The lowest BCUT2D eigenvalue weighted by atomic mass is 10.1. The molecule has 1 aliphatic heterocycles. The van der Waals surface area contributed by atoms with Crippen LogP contribution in [0.1, 0.15) is 11.1 Å². The van der Waals surface area contributed by atoms with Crippen LogP contribution in [0, 0.1) is 6.92 Å². The predicted molar refractivity (Wildman–Crippen MR) is 69.8 cm³/mol. The molecule has 0 amide bonds. The largest absolute Gasteiger partial charge is 0.490 e. The number of aryl methyl sites for hydroxylation is 1. The summed E-state index contributed by atoms with van der Waals surface area (Å²) in [6.45, 7) is 5.05. The second-order valence-corrected chi connectivity index (χ2v) is 4.40. The van der Waals surface area contributed by atoms with Gasteiger partial charge in [-0.1, -0.05) is 12.1 Å². The van der Waals surface area contributed by atoms with Crippen molar-refractivity contribution in [3.63, 3.8) is 0 Å². The molecule has 0 radical (unpaired) electrons. The fourth-order valence-electron chi connectivity index (χ4n) is 2.06. The molecule has 0 unspecified atom stereocenters. The summed E-state index contributed by atoms with van der Waals surface area (Å²) < 4.78 is 31.7. The van der Waals surface area contributed by atoms with Gasteiger partial charge in [0, 0.05) is 25.3 Å². The van der Waals surface area contributed by atoms with Crippen molar-refractivity contribution in [1.82, 2.24) is 0 Å². The average molecular weight is 290 g/mol. The van der Waals surface area contributed by atoms with E-state index in [1.165, 1.54) is 23.2 Å². The van der Waals surface area contributed by atoms with Gasteiger partial charge in [-0.2, -0.15) is 13.2 Å². The lowest BCUT2D eigenvalue weighted by Crippen LogP contribution is -2.27. The molecule has 0 saturated heterocycles. The van der Waals surface area contributed by atoms with Crippen LogP contribution in [0.5, 0.6) is 0 Å². The molecule has 1 aliphatic rings. The number of carboxylic acid groups (broad SMARTS) is 1. The average Bonchev–Trinajstić information content (AvgIpc) is 2.74. The monoisotopic (exact) mass is 290 g/mol. The molecule has 112 valence electrons. The van der Waals surface area contributed by atoms with E-state index >= 15 is 0 Å². The van der Waals surface area contributed by atoms with E-state index in [2.05, 4.69) is 30.0 Å². The molecule has 1 aromatic rings. The zero-order valence-electron chi connectivity index (χ0n) is 11.1. The number of benzene rings is 1. The highest BCUT2D eigenvalue weighted by Crippen LogP contribution is 2.29. The molecule has 7 heteroatoms. The van der Waals surface area contributed by atoms with Crippen LogP contribution in [-0.4, -0.2) is 36.9 Å². The Kier molecular flexibility index (Phi) is 5.38. The number of carbonyl (C=O) groups is 1. The summed E-state index contributed by atoms with van der Waals surface area (Å²) in [5.41, 5.74) is 9.88. The lowest BCUT2D eigenvalue weighted by Gasteiger charge is -2.18. The highest BCUT2D eigenvalue weighted by atomic mass is 19.4. The Bertz CT molecular complexity index is 475. The minimum absolute atomic E-state index is 0.743. The van der Waals surface area contributed by atoms with E-state index in [0.29, 0.717) is 0 Å². The van der Waals surface area contributed by atoms with Gasteiger partial charge in [-0.3, -0.25) is 0 Å². The first kappa shape index (κ1) is 16.3. The summed E-state index contributed by atoms with van der Waals surface area (Å²) in [5.74, 6) is -2.76. The van der Waals surface area contributed by atoms with Crippen LogP contribution in [0.25, 0.3) is 0 Å². The fourth-order valence-corrected chi connectivity index (χ4v) is 2.06. The van der Waals surface area contributed by atoms with E-state index in [1.54, 1.807) is 0 Å². The first-order chi connectivity index (χ1) is 9.27. The topological polar surface area (TPSA) is 66.6 Å². The van der Waals surface area contributed by atoms with Crippen LogP contribution in [0.3, 0.4) is 0 Å². The number of carboxylic acids is 1. The normalized spacial score (nSPS) is 13.6. The lowest BCUT2D eigenvalue weighted by molar-refractivity contribution is -0.192. The zero-order chi connectivity index (χ0) is 15.3. The SMILES string of the molecule is Cc1cccc2c1CCN2CCN.O=C(O)C(F)(F)F. The third kappa shape index (κ3) is 4.12. The minimum atomic E-state index is -5.08. The smallest absolute Gasteiger partial charge is 0.475 e. The highest BCUT2D eigenvalue weighted by Gasteiger charge is 2.38. The van der Waals surface area contributed by atoms with Gasteiger partial charge in [-0.15, -0.1) is 0 Å².